The maximum Gasteiger partial charge on any atom is 0.322 e. The van der Waals surface area contributed by atoms with Crippen LogP contribution in [0.25, 0.3) is 0 Å². The van der Waals surface area contributed by atoms with Gasteiger partial charge in [0.25, 0.3) is 0 Å². The van der Waals surface area contributed by atoms with E-state index >= 15 is 0 Å². The van der Waals surface area contributed by atoms with Gasteiger partial charge in [-0.3, -0.25) is 4.79 Å². The zero-order valence-corrected chi connectivity index (χ0v) is 11.3. The predicted octanol–water partition coefficient (Wildman–Crippen LogP) is 0.804. The summed E-state index contributed by atoms with van der Waals surface area (Å²) in [4.78, 5) is 13.3. The Labute approximate surface area is 107 Å². The van der Waals surface area contributed by atoms with Gasteiger partial charge >= 0.3 is 5.97 Å². The third kappa shape index (κ3) is 3.37. The number of nitrogens with two attached hydrogens (primary N) is 1. The number of carbonyl (C=O) groups excluding carboxylic acids is 1. The fourth-order valence-corrected chi connectivity index (χ4v) is 1.65. The zero-order valence-electron chi connectivity index (χ0n) is 11.3. The van der Waals surface area contributed by atoms with Gasteiger partial charge in [0.15, 0.2) is 0 Å². The minimum atomic E-state index is -0.672. The standard InChI is InChI=1S/C13H20N2O3/c1-15(2)10-6-5-9(12(8-10)17-3)7-11(14)13(16)18-4/h5-6,8,11H,7,14H2,1-4H3. The monoisotopic (exact) mass is 252 g/mol. The summed E-state index contributed by atoms with van der Waals surface area (Å²) in [6, 6.07) is 5.12. The predicted molar refractivity (Wildman–Crippen MR) is 71.0 cm³/mol. The van der Waals surface area contributed by atoms with Gasteiger partial charge in [0.1, 0.15) is 11.8 Å². The van der Waals surface area contributed by atoms with Crippen LogP contribution >= 0.6 is 0 Å². The molecule has 0 heterocycles. The molecule has 0 saturated heterocycles. The molecule has 18 heavy (non-hydrogen) atoms. The van der Waals surface area contributed by atoms with Crippen LogP contribution in [0, 0.1) is 0 Å². The van der Waals surface area contributed by atoms with Gasteiger partial charge in [0.2, 0.25) is 0 Å². The number of hydrogen-bond acceptors (Lipinski definition) is 5. The lowest BCUT2D eigenvalue weighted by atomic mass is 10.0. The summed E-state index contributed by atoms with van der Waals surface area (Å²) in [5, 5.41) is 0. The lowest BCUT2D eigenvalue weighted by Gasteiger charge is -2.17. The van der Waals surface area contributed by atoms with E-state index in [1.165, 1.54) is 7.11 Å². The number of esters is 1. The Morgan fingerprint density at radius 2 is 2.06 bits per heavy atom. The molecule has 1 aromatic carbocycles. The summed E-state index contributed by atoms with van der Waals surface area (Å²) in [6.07, 6.45) is 0.392. The largest absolute Gasteiger partial charge is 0.496 e. The first-order valence-electron chi connectivity index (χ1n) is 5.67. The quantitative estimate of drug-likeness (QED) is 0.785. The fourth-order valence-electron chi connectivity index (χ4n) is 1.65. The van der Waals surface area contributed by atoms with E-state index < -0.39 is 12.0 Å². The summed E-state index contributed by atoms with van der Waals surface area (Å²) in [6.45, 7) is 0. The number of anilines is 1. The van der Waals surface area contributed by atoms with Crippen LogP contribution in [0.2, 0.25) is 0 Å². The van der Waals surface area contributed by atoms with E-state index in [1.807, 2.05) is 37.2 Å². The van der Waals surface area contributed by atoms with Gasteiger partial charge in [-0.15, -0.1) is 0 Å². The highest BCUT2D eigenvalue weighted by atomic mass is 16.5. The minimum Gasteiger partial charge on any atom is -0.496 e. The molecule has 1 rings (SSSR count). The highest BCUT2D eigenvalue weighted by molar-refractivity contribution is 5.76. The van der Waals surface area contributed by atoms with E-state index in [9.17, 15) is 4.79 Å². The molecule has 0 aromatic heterocycles. The van der Waals surface area contributed by atoms with Crippen LogP contribution in [0.3, 0.4) is 0 Å². The lowest BCUT2D eigenvalue weighted by molar-refractivity contribution is -0.142. The Hall–Kier alpha value is -1.75. The lowest BCUT2D eigenvalue weighted by Crippen LogP contribution is -2.33. The smallest absolute Gasteiger partial charge is 0.322 e. The molecule has 0 aliphatic heterocycles. The SMILES string of the molecule is COC(=O)C(N)Cc1ccc(N(C)C)cc1OC. The third-order valence-corrected chi connectivity index (χ3v) is 2.73. The highest BCUT2D eigenvalue weighted by Gasteiger charge is 2.17. The number of ether oxygens (including phenoxy) is 2. The second-order valence-electron chi connectivity index (χ2n) is 4.22. The van der Waals surface area contributed by atoms with Crippen LogP contribution in [-0.2, 0) is 16.0 Å². The van der Waals surface area contributed by atoms with Crippen LogP contribution in [0.15, 0.2) is 18.2 Å². The van der Waals surface area contributed by atoms with Crippen molar-refractivity contribution in [2.45, 2.75) is 12.5 Å². The van der Waals surface area contributed by atoms with Gasteiger partial charge in [0, 0.05) is 32.3 Å². The van der Waals surface area contributed by atoms with Crippen molar-refractivity contribution < 1.29 is 14.3 Å². The van der Waals surface area contributed by atoms with E-state index in [-0.39, 0.29) is 0 Å². The molecule has 0 saturated carbocycles. The van der Waals surface area contributed by atoms with Gasteiger partial charge in [-0.05, 0) is 11.6 Å². The molecule has 2 N–H and O–H groups in total. The molecule has 0 fully saturated rings. The molecule has 1 atom stereocenters. The fraction of sp³-hybridized carbons (Fsp3) is 0.462. The van der Waals surface area contributed by atoms with Gasteiger partial charge < -0.3 is 20.1 Å². The molecule has 0 bridgehead atoms. The van der Waals surface area contributed by atoms with E-state index in [1.54, 1.807) is 7.11 Å². The van der Waals surface area contributed by atoms with E-state index in [0.29, 0.717) is 6.42 Å². The molecule has 0 aliphatic rings. The molecule has 100 valence electrons. The molecule has 0 spiro atoms. The number of benzene rings is 1. The Morgan fingerprint density at radius 3 is 2.56 bits per heavy atom. The average molecular weight is 252 g/mol. The molecular weight excluding hydrogens is 232 g/mol. The van der Waals surface area contributed by atoms with Gasteiger partial charge in [-0.1, -0.05) is 6.07 Å². The molecule has 1 aromatic rings. The second-order valence-corrected chi connectivity index (χ2v) is 4.22. The first-order chi connectivity index (χ1) is 8.49. The highest BCUT2D eigenvalue weighted by Crippen LogP contribution is 2.25. The average Bonchev–Trinajstić information content (AvgIpc) is 2.37. The van der Waals surface area contributed by atoms with Crippen molar-refractivity contribution in [3.63, 3.8) is 0 Å². The first-order valence-corrected chi connectivity index (χ1v) is 5.67. The van der Waals surface area contributed by atoms with Crippen molar-refractivity contribution in [3.8, 4) is 5.75 Å². The van der Waals surface area contributed by atoms with Crippen LogP contribution in [0.4, 0.5) is 5.69 Å². The summed E-state index contributed by atoms with van der Waals surface area (Å²) in [5.41, 5.74) is 7.66. The van der Waals surface area contributed by atoms with Crippen molar-refractivity contribution in [1.29, 1.82) is 0 Å². The number of methoxy groups -OCH3 is 2. The maximum atomic E-state index is 11.3. The van der Waals surface area contributed by atoms with E-state index in [0.717, 1.165) is 17.0 Å². The molecule has 0 amide bonds. The normalized spacial score (nSPS) is 11.8. The van der Waals surface area contributed by atoms with Gasteiger partial charge in [0.05, 0.1) is 14.2 Å². The van der Waals surface area contributed by atoms with E-state index in [4.69, 9.17) is 10.5 Å². The summed E-state index contributed by atoms with van der Waals surface area (Å²) in [7, 11) is 6.83. The van der Waals surface area contributed by atoms with Crippen LogP contribution in [0.1, 0.15) is 5.56 Å². The van der Waals surface area contributed by atoms with Crippen molar-refractivity contribution in [3.05, 3.63) is 23.8 Å². The summed E-state index contributed by atoms with van der Waals surface area (Å²) >= 11 is 0. The number of carbonyl (C=O) groups is 1. The van der Waals surface area contributed by atoms with Crippen LogP contribution in [-0.4, -0.2) is 40.3 Å². The molecular formula is C13H20N2O3. The zero-order chi connectivity index (χ0) is 13.7. The number of nitrogens with zero attached hydrogens (tertiary/aromatic N) is 1. The maximum absolute atomic E-state index is 11.3. The Morgan fingerprint density at radius 1 is 1.39 bits per heavy atom. The molecule has 0 aliphatic carbocycles. The second kappa shape index (κ2) is 6.26. The minimum absolute atomic E-state index is 0.392. The van der Waals surface area contributed by atoms with Crippen molar-refractivity contribution in [2.75, 3.05) is 33.2 Å². The Kier molecular flexibility index (Phi) is 4.97. The first kappa shape index (κ1) is 14.3. The van der Waals surface area contributed by atoms with Crippen LogP contribution < -0.4 is 15.4 Å². The molecule has 0 radical (unpaired) electrons. The third-order valence-electron chi connectivity index (χ3n) is 2.73. The molecule has 5 heteroatoms. The Bertz CT molecular complexity index is 419. The summed E-state index contributed by atoms with van der Waals surface area (Å²) < 4.78 is 9.92. The van der Waals surface area contributed by atoms with Crippen molar-refractivity contribution >= 4 is 11.7 Å². The topological polar surface area (TPSA) is 64.8 Å². The van der Waals surface area contributed by atoms with E-state index in [2.05, 4.69) is 4.74 Å². The van der Waals surface area contributed by atoms with Gasteiger partial charge in [-0.25, -0.2) is 0 Å². The molecule has 5 nitrogen and oxygen atoms in total. The Balaban J connectivity index is 2.92. The van der Waals surface area contributed by atoms with Gasteiger partial charge in [-0.2, -0.15) is 0 Å². The number of rotatable bonds is 5. The molecule has 1 unspecified atom stereocenters. The van der Waals surface area contributed by atoms with Crippen molar-refractivity contribution in [1.82, 2.24) is 0 Å². The van der Waals surface area contributed by atoms with Crippen LogP contribution in [0.5, 0.6) is 5.75 Å². The number of hydrogen-bond donors (Lipinski definition) is 1. The summed E-state index contributed by atoms with van der Waals surface area (Å²) in [5.74, 6) is 0.300. The van der Waals surface area contributed by atoms with Crippen molar-refractivity contribution in [2.24, 2.45) is 5.73 Å².